The van der Waals surface area contributed by atoms with Crippen molar-refractivity contribution in [1.29, 1.82) is 0 Å². The van der Waals surface area contributed by atoms with Crippen molar-refractivity contribution in [3.05, 3.63) is 33.8 Å². The van der Waals surface area contributed by atoms with E-state index in [9.17, 15) is 8.78 Å². The molecule has 0 saturated heterocycles. The summed E-state index contributed by atoms with van der Waals surface area (Å²) in [6, 6.07) is 5.93. The van der Waals surface area contributed by atoms with E-state index in [-0.39, 0.29) is 24.8 Å². The predicted octanol–water partition coefficient (Wildman–Crippen LogP) is 4.09. The molecule has 0 bridgehead atoms. The molecular formula is C14H19BrF2N2. The van der Waals surface area contributed by atoms with Crippen molar-refractivity contribution in [2.45, 2.75) is 44.6 Å². The number of hydrazine groups is 1. The van der Waals surface area contributed by atoms with E-state index >= 15 is 0 Å². The average molecular weight is 333 g/mol. The topological polar surface area (TPSA) is 38.0 Å². The molecule has 0 radical (unpaired) electrons. The summed E-state index contributed by atoms with van der Waals surface area (Å²) >= 11 is 3.50. The van der Waals surface area contributed by atoms with E-state index in [0.29, 0.717) is 12.8 Å². The maximum atomic E-state index is 13.2. The van der Waals surface area contributed by atoms with E-state index in [0.717, 1.165) is 15.6 Å². The van der Waals surface area contributed by atoms with Crippen LogP contribution in [0.25, 0.3) is 0 Å². The van der Waals surface area contributed by atoms with E-state index in [1.807, 2.05) is 25.1 Å². The maximum Gasteiger partial charge on any atom is 0.248 e. The second-order valence-corrected chi connectivity index (χ2v) is 6.30. The number of halogens is 3. The minimum Gasteiger partial charge on any atom is -0.271 e. The molecule has 0 amide bonds. The maximum absolute atomic E-state index is 13.2. The van der Waals surface area contributed by atoms with Gasteiger partial charge in [0.15, 0.2) is 0 Å². The Kier molecular flexibility index (Phi) is 4.58. The van der Waals surface area contributed by atoms with E-state index in [1.54, 1.807) is 0 Å². The summed E-state index contributed by atoms with van der Waals surface area (Å²) in [7, 11) is 0. The molecule has 3 N–H and O–H groups in total. The lowest BCUT2D eigenvalue weighted by atomic mass is 9.93. The standard InChI is InChI=1S/C14H19BrF2N2/c1-9-2-3-12(15)11(6-9)13(19-18)7-10-4-5-14(16,17)8-10/h2-3,6,10,13,19H,4-5,7-8,18H2,1H3. The van der Waals surface area contributed by atoms with Crippen LogP contribution in [0.3, 0.4) is 0 Å². The van der Waals surface area contributed by atoms with Gasteiger partial charge in [0.25, 0.3) is 0 Å². The summed E-state index contributed by atoms with van der Waals surface area (Å²) in [5.74, 6) is 3.15. The van der Waals surface area contributed by atoms with E-state index in [1.165, 1.54) is 0 Å². The lowest BCUT2D eigenvalue weighted by molar-refractivity contribution is 0.00430. The monoisotopic (exact) mass is 332 g/mol. The Balaban J connectivity index is 2.10. The van der Waals surface area contributed by atoms with E-state index in [4.69, 9.17) is 5.84 Å². The summed E-state index contributed by atoms with van der Waals surface area (Å²) in [6.07, 6.45) is 1.21. The largest absolute Gasteiger partial charge is 0.271 e. The van der Waals surface area contributed by atoms with Gasteiger partial charge in [-0.3, -0.25) is 11.3 Å². The van der Waals surface area contributed by atoms with Gasteiger partial charge in [0.05, 0.1) is 0 Å². The minimum atomic E-state index is -2.49. The van der Waals surface area contributed by atoms with Crippen molar-refractivity contribution in [3.8, 4) is 0 Å². The molecule has 0 aromatic heterocycles. The summed E-state index contributed by atoms with van der Waals surface area (Å²) in [5, 5.41) is 0. The highest BCUT2D eigenvalue weighted by Gasteiger charge is 2.40. The normalized spacial score (nSPS) is 23.5. The molecule has 2 rings (SSSR count). The molecule has 106 valence electrons. The zero-order chi connectivity index (χ0) is 14.0. The van der Waals surface area contributed by atoms with Crippen molar-refractivity contribution < 1.29 is 8.78 Å². The molecule has 1 aromatic rings. The van der Waals surface area contributed by atoms with Crippen LogP contribution in [0.4, 0.5) is 8.78 Å². The Morgan fingerprint density at radius 1 is 1.53 bits per heavy atom. The van der Waals surface area contributed by atoms with Crippen LogP contribution in [-0.2, 0) is 0 Å². The Morgan fingerprint density at radius 2 is 2.26 bits per heavy atom. The summed E-state index contributed by atoms with van der Waals surface area (Å²) in [4.78, 5) is 0. The second-order valence-electron chi connectivity index (χ2n) is 5.44. The van der Waals surface area contributed by atoms with E-state index < -0.39 is 5.92 Å². The highest BCUT2D eigenvalue weighted by Crippen LogP contribution is 2.43. The molecule has 2 unspecified atom stereocenters. The molecule has 0 spiro atoms. The molecule has 0 heterocycles. The number of hydrogen-bond donors (Lipinski definition) is 2. The molecule has 2 nitrogen and oxygen atoms in total. The molecule has 1 saturated carbocycles. The van der Waals surface area contributed by atoms with Gasteiger partial charge in [-0.1, -0.05) is 33.6 Å². The minimum absolute atomic E-state index is 0.00391. The number of aryl methyl sites for hydroxylation is 1. The van der Waals surface area contributed by atoms with Crippen molar-refractivity contribution in [1.82, 2.24) is 5.43 Å². The van der Waals surface area contributed by atoms with Crippen LogP contribution in [0, 0.1) is 12.8 Å². The number of benzene rings is 1. The smallest absolute Gasteiger partial charge is 0.248 e. The van der Waals surface area contributed by atoms with Gasteiger partial charge in [0.2, 0.25) is 5.92 Å². The zero-order valence-electron chi connectivity index (χ0n) is 10.9. The van der Waals surface area contributed by atoms with Gasteiger partial charge in [-0.25, -0.2) is 8.78 Å². The number of hydrogen-bond acceptors (Lipinski definition) is 2. The number of nitrogens with one attached hydrogen (secondary N) is 1. The molecule has 1 fully saturated rings. The van der Waals surface area contributed by atoms with Gasteiger partial charge in [-0.15, -0.1) is 0 Å². The second kappa shape index (κ2) is 5.85. The molecule has 2 atom stereocenters. The highest BCUT2D eigenvalue weighted by atomic mass is 79.9. The van der Waals surface area contributed by atoms with Gasteiger partial charge in [-0.2, -0.15) is 0 Å². The quantitative estimate of drug-likeness (QED) is 0.643. The number of nitrogens with two attached hydrogens (primary N) is 1. The SMILES string of the molecule is Cc1ccc(Br)c(C(CC2CCC(F)(F)C2)NN)c1. The van der Waals surface area contributed by atoms with Crippen LogP contribution in [0.15, 0.2) is 22.7 Å². The van der Waals surface area contributed by atoms with Gasteiger partial charge < -0.3 is 0 Å². The molecule has 0 aliphatic heterocycles. The average Bonchev–Trinajstić information content (AvgIpc) is 2.69. The third-order valence-corrected chi connectivity index (χ3v) is 4.52. The molecular weight excluding hydrogens is 314 g/mol. The van der Waals surface area contributed by atoms with Gasteiger partial charge in [-0.05, 0) is 37.3 Å². The molecule has 19 heavy (non-hydrogen) atoms. The molecule has 5 heteroatoms. The Morgan fingerprint density at radius 3 is 2.84 bits per heavy atom. The fourth-order valence-corrected chi connectivity index (χ4v) is 3.31. The Hall–Kier alpha value is -0.520. The van der Waals surface area contributed by atoms with Crippen LogP contribution in [0.5, 0.6) is 0 Å². The summed E-state index contributed by atoms with van der Waals surface area (Å²) < 4.78 is 27.4. The highest BCUT2D eigenvalue weighted by molar-refractivity contribution is 9.10. The van der Waals surface area contributed by atoms with Crippen LogP contribution < -0.4 is 11.3 Å². The number of alkyl halides is 2. The van der Waals surface area contributed by atoms with Gasteiger partial charge in [0.1, 0.15) is 0 Å². The first kappa shape index (κ1) is 14.9. The van der Waals surface area contributed by atoms with Crippen LogP contribution in [0.1, 0.15) is 42.9 Å². The van der Waals surface area contributed by atoms with Crippen molar-refractivity contribution in [2.75, 3.05) is 0 Å². The van der Waals surface area contributed by atoms with Crippen molar-refractivity contribution >= 4 is 15.9 Å². The Bertz CT molecular complexity index is 451. The third kappa shape index (κ3) is 3.74. The third-order valence-electron chi connectivity index (χ3n) is 3.80. The first-order valence-electron chi connectivity index (χ1n) is 6.51. The lowest BCUT2D eigenvalue weighted by Crippen LogP contribution is -2.30. The van der Waals surface area contributed by atoms with Gasteiger partial charge in [0, 0.05) is 23.4 Å². The molecule has 1 aliphatic carbocycles. The predicted molar refractivity (Wildman–Crippen MR) is 75.8 cm³/mol. The summed E-state index contributed by atoms with van der Waals surface area (Å²) in [5.41, 5.74) is 4.94. The van der Waals surface area contributed by atoms with Crippen LogP contribution >= 0.6 is 15.9 Å². The van der Waals surface area contributed by atoms with E-state index in [2.05, 4.69) is 21.4 Å². The summed E-state index contributed by atoms with van der Waals surface area (Å²) in [6.45, 7) is 2.01. The van der Waals surface area contributed by atoms with Crippen LogP contribution in [0.2, 0.25) is 0 Å². The molecule has 1 aromatic carbocycles. The van der Waals surface area contributed by atoms with Crippen molar-refractivity contribution in [3.63, 3.8) is 0 Å². The first-order valence-corrected chi connectivity index (χ1v) is 7.30. The fraction of sp³-hybridized carbons (Fsp3) is 0.571. The fourth-order valence-electron chi connectivity index (χ4n) is 2.79. The number of rotatable bonds is 4. The van der Waals surface area contributed by atoms with Crippen molar-refractivity contribution in [2.24, 2.45) is 11.8 Å². The van der Waals surface area contributed by atoms with Crippen LogP contribution in [-0.4, -0.2) is 5.92 Å². The van der Waals surface area contributed by atoms with Gasteiger partial charge >= 0.3 is 0 Å². The zero-order valence-corrected chi connectivity index (χ0v) is 12.5. The first-order chi connectivity index (χ1) is 8.91. The Labute approximate surface area is 120 Å². The lowest BCUT2D eigenvalue weighted by Gasteiger charge is -2.22. The molecule has 1 aliphatic rings.